The largest absolute Gasteiger partial charge is 0.337 e. The van der Waals surface area contributed by atoms with Gasteiger partial charge in [0.2, 0.25) is 0 Å². The fourth-order valence-electron chi connectivity index (χ4n) is 1.49. The fraction of sp³-hybridized carbons (Fsp3) is 0.182. The van der Waals surface area contributed by atoms with Crippen LogP contribution < -0.4 is 0 Å². The SMILES string of the molecule is CN(Cc1cn[nH]c1)C(=O)c1cc(F)cnc1Cl. The number of carbonyl (C=O) groups excluding carboxylic acids is 1. The molecule has 2 heterocycles. The molecule has 0 aliphatic heterocycles. The first-order valence-electron chi connectivity index (χ1n) is 5.12. The van der Waals surface area contributed by atoms with Crippen molar-refractivity contribution < 1.29 is 9.18 Å². The molecular weight excluding hydrogens is 259 g/mol. The van der Waals surface area contributed by atoms with Crippen molar-refractivity contribution in [3.63, 3.8) is 0 Å². The maximum atomic E-state index is 13.0. The molecule has 2 aromatic rings. The quantitative estimate of drug-likeness (QED) is 0.865. The van der Waals surface area contributed by atoms with Crippen LogP contribution in [-0.4, -0.2) is 33.0 Å². The zero-order valence-electron chi connectivity index (χ0n) is 9.52. The van der Waals surface area contributed by atoms with E-state index in [0.29, 0.717) is 6.54 Å². The Hall–Kier alpha value is -1.95. The van der Waals surface area contributed by atoms with E-state index in [1.165, 1.54) is 4.90 Å². The van der Waals surface area contributed by atoms with Crippen LogP contribution in [0.2, 0.25) is 5.15 Å². The van der Waals surface area contributed by atoms with Crippen molar-refractivity contribution in [2.75, 3.05) is 7.05 Å². The number of amides is 1. The van der Waals surface area contributed by atoms with Gasteiger partial charge in [-0.1, -0.05) is 11.6 Å². The third kappa shape index (κ3) is 2.65. The number of nitrogens with one attached hydrogen (secondary N) is 1. The lowest BCUT2D eigenvalue weighted by Gasteiger charge is -2.16. The Kier molecular flexibility index (Phi) is 3.57. The first kappa shape index (κ1) is 12.5. The van der Waals surface area contributed by atoms with Gasteiger partial charge in [-0.15, -0.1) is 0 Å². The van der Waals surface area contributed by atoms with Gasteiger partial charge in [-0.2, -0.15) is 5.10 Å². The third-order valence-corrected chi connectivity index (χ3v) is 2.66. The number of pyridine rings is 1. The van der Waals surface area contributed by atoms with E-state index in [9.17, 15) is 9.18 Å². The molecule has 0 aliphatic carbocycles. The molecule has 0 aromatic carbocycles. The van der Waals surface area contributed by atoms with Crippen molar-refractivity contribution in [2.24, 2.45) is 0 Å². The van der Waals surface area contributed by atoms with E-state index >= 15 is 0 Å². The van der Waals surface area contributed by atoms with Crippen molar-refractivity contribution in [3.05, 3.63) is 46.8 Å². The highest BCUT2D eigenvalue weighted by Gasteiger charge is 2.17. The van der Waals surface area contributed by atoms with Crippen molar-refractivity contribution in [1.82, 2.24) is 20.1 Å². The predicted molar refractivity (Wildman–Crippen MR) is 63.6 cm³/mol. The summed E-state index contributed by atoms with van der Waals surface area (Å²) in [4.78, 5) is 17.1. The molecule has 2 rings (SSSR count). The van der Waals surface area contributed by atoms with Crippen LogP contribution >= 0.6 is 11.6 Å². The average Bonchev–Trinajstić information content (AvgIpc) is 2.84. The van der Waals surface area contributed by atoms with Gasteiger partial charge in [0.1, 0.15) is 11.0 Å². The predicted octanol–water partition coefficient (Wildman–Crippen LogP) is 1.87. The second-order valence-corrected chi connectivity index (χ2v) is 4.12. The smallest absolute Gasteiger partial charge is 0.257 e. The summed E-state index contributed by atoms with van der Waals surface area (Å²) >= 11 is 5.77. The first-order valence-corrected chi connectivity index (χ1v) is 5.50. The number of aromatic nitrogens is 3. The minimum Gasteiger partial charge on any atom is -0.337 e. The molecule has 0 aliphatic rings. The summed E-state index contributed by atoms with van der Waals surface area (Å²) in [6.07, 6.45) is 4.25. The standard InChI is InChI=1S/C11H10ClFN4O/c1-17(6-7-3-15-16-4-7)11(18)9-2-8(13)5-14-10(9)12/h2-5H,6H2,1H3,(H,15,16). The molecule has 0 spiro atoms. The van der Waals surface area contributed by atoms with Crippen LogP contribution in [0.4, 0.5) is 4.39 Å². The van der Waals surface area contributed by atoms with Crippen LogP contribution in [0.15, 0.2) is 24.7 Å². The summed E-state index contributed by atoms with van der Waals surface area (Å²) < 4.78 is 13.0. The van der Waals surface area contributed by atoms with Gasteiger partial charge in [-0.25, -0.2) is 9.37 Å². The van der Waals surface area contributed by atoms with Crippen LogP contribution in [0.1, 0.15) is 15.9 Å². The maximum Gasteiger partial charge on any atom is 0.257 e. The maximum absolute atomic E-state index is 13.0. The van der Waals surface area contributed by atoms with Crippen LogP contribution in [0.5, 0.6) is 0 Å². The Balaban J connectivity index is 2.17. The van der Waals surface area contributed by atoms with E-state index in [-0.39, 0.29) is 10.7 Å². The second kappa shape index (κ2) is 5.14. The molecule has 5 nitrogen and oxygen atoms in total. The van der Waals surface area contributed by atoms with Crippen LogP contribution in [0, 0.1) is 5.82 Å². The van der Waals surface area contributed by atoms with Gasteiger partial charge in [-0.3, -0.25) is 9.89 Å². The van der Waals surface area contributed by atoms with Crippen molar-refractivity contribution in [3.8, 4) is 0 Å². The zero-order valence-corrected chi connectivity index (χ0v) is 10.3. The van der Waals surface area contributed by atoms with E-state index < -0.39 is 11.7 Å². The lowest BCUT2D eigenvalue weighted by molar-refractivity contribution is 0.0784. The van der Waals surface area contributed by atoms with Gasteiger partial charge in [-0.05, 0) is 6.07 Å². The van der Waals surface area contributed by atoms with E-state index in [1.54, 1.807) is 19.4 Å². The Morgan fingerprint density at radius 3 is 3.00 bits per heavy atom. The summed E-state index contributed by atoms with van der Waals surface area (Å²) in [5.41, 5.74) is 0.883. The molecule has 0 fully saturated rings. The topological polar surface area (TPSA) is 61.9 Å². The zero-order chi connectivity index (χ0) is 13.1. The number of halogens is 2. The molecule has 0 saturated carbocycles. The highest BCUT2D eigenvalue weighted by molar-refractivity contribution is 6.32. The number of hydrogen-bond acceptors (Lipinski definition) is 3. The second-order valence-electron chi connectivity index (χ2n) is 3.76. The summed E-state index contributed by atoms with van der Waals surface area (Å²) in [5.74, 6) is -0.993. The highest BCUT2D eigenvalue weighted by Crippen LogP contribution is 2.16. The van der Waals surface area contributed by atoms with Gasteiger partial charge in [0.15, 0.2) is 0 Å². The Bertz CT molecular complexity index is 558. The Labute approximate surface area is 108 Å². The molecule has 1 amide bonds. The Morgan fingerprint density at radius 1 is 1.56 bits per heavy atom. The van der Waals surface area contributed by atoms with Gasteiger partial charge in [0, 0.05) is 25.4 Å². The van der Waals surface area contributed by atoms with E-state index in [4.69, 9.17) is 11.6 Å². The molecule has 18 heavy (non-hydrogen) atoms. The summed E-state index contributed by atoms with van der Waals surface area (Å²) in [6, 6.07) is 1.07. The number of aromatic amines is 1. The average molecular weight is 269 g/mol. The minimum atomic E-state index is -0.598. The van der Waals surface area contributed by atoms with Crippen LogP contribution in [0.3, 0.4) is 0 Å². The number of nitrogens with zero attached hydrogens (tertiary/aromatic N) is 3. The summed E-state index contributed by atoms with van der Waals surface area (Å²) in [5, 5.41) is 6.41. The van der Waals surface area contributed by atoms with Crippen molar-refractivity contribution >= 4 is 17.5 Å². The first-order chi connectivity index (χ1) is 8.58. The lowest BCUT2D eigenvalue weighted by Crippen LogP contribution is -2.26. The normalized spacial score (nSPS) is 10.4. The molecule has 0 bridgehead atoms. The molecule has 0 unspecified atom stereocenters. The van der Waals surface area contributed by atoms with Gasteiger partial charge >= 0.3 is 0 Å². The number of hydrogen-bond donors (Lipinski definition) is 1. The van der Waals surface area contributed by atoms with Gasteiger partial charge in [0.05, 0.1) is 18.0 Å². The third-order valence-electron chi connectivity index (χ3n) is 2.36. The van der Waals surface area contributed by atoms with E-state index in [2.05, 4.69) is 15.2 Å². The molecule has 94 valence electrons. The molecule has 7 heteroatoms. The van der Waals surface area contributed by atoms with Crippen LogP contribution in [0.25, 0.3) is 0 Å². The molecule has 1 N–H and O–H groups in total. The number of carbonyl (C=O) groups is 1. The summed E-state index contributed by atoms with van der Waals surface area (Å²) in [7, 11) is 1.59. The monoisotopic (exact) mass is 268 g/mol. The minimum absolute atomic E-state index is 0.0135. The molecule has 0 atom stereocenters. The van der Waals surface area contributed by atoms with Gasteiger partial charge < -0.3 is 4.90 Å². The molecule has 2 aromatic heterocycles. The highest BCUT2D eigenvalue weighted by atomic mass is 35.5. The summed E-state index contributed by atoms with van der Waals surface area (Å²) in [6.45, 7) is 0.349. The molecular formula is C11H10ClFN4O. The lowest BCUT2D eigenvalue weighted by atomic mass is 10.2. The van der Waals surface area contributed by atoms with E-state index in [1.807, 2.05) is 0 Å². The fourth-order valence-corrected chi connectivity index (χ4v) is 1.67. The number of rotatable bonds is 3. The molecule has 0 radical (unpaired) electrons. The Morgan fingerprint density at radius 2 is 2.33 bits per heavy atom. The van der Waals surface area contributed by atoms with E-state index in [0.717, 1.165) is 17.8 Å². The van der Waals surface area contributed by atoms with Crippen molar-refractivity contribution in [1.29, 1.82) is 0 Å². The van der Waals surface area contributed by atoms with Crippen molar-refractivity contribution in [2.45, 2.75) is 6.54 Å². The number of H-pyrrole nitrogens is 1. The van der Waals surface area contributed by atoms with Gasteiger partial charge in [0.25, 0.3) is 5.91 Å². The van der Waals surface area contributed by atoms with Crippen LogP contribution in [-0.2, 0) is 6.54 Å². The molecule has 0 saturated heterocycles.